The van der Waals surface area contributed by atoms with Crippen LogP contribution in [0.2, 0.25) is 0 Å². The van der Waals surface area contributed by atoms with E-state index in [0.29, 0.717) is 45.3 Å². The van der Waals surface area contributed by atoms with E-state index in [0.717, 1.165) is 72.8 Å². The van der Waals surface area contributed by atoms with Crippen LogP contribution < -0.4 is 9.47 Å². The Labute approximate surface area is 583 Å². The lowest BCUT2D eigenvalue weighted by Gasteiger charge is -2.16. The number of aliphatic hydroxyl groups is 3. The molecule has 0 unspecified atom stereocenters. The number of aliphatic hydroxyl groups excluding tert-OH is 3. The van der Waals surface area contributed by atoms with Gasteiger partial charge in [-0.2, -0.15) is 52.7 Å². The van der Waals surface area contributed by atoms with Crippen molar-refractivity contribution in [2.45, 2.75) is 63.2 Å². The smallest absolute Gasteiger partial charge is 0.417 e. The van der Waals surface area contributed by atoms with Crippen LogP contribution in [-0.4, -0.2) is 64.4 Å². The molecule has 36 heteroatoms. The van der Waals surface area contributed by atoms with E-state index in [9.17, 15) is 124 Å². The molecule has 22 nitrogen and oxygen atoms in total. The van der Waals surface area contributed by atoms with Gasteiger partial charge < -0.3 is 35.0 Å². The van der Waals surface area contributed by atoms with Crippen molar-refractivity contribution in [1.82, 2.24) is 0 Å². The van der Waals surface area contributed by atoms with Gasteiger partial charge in [-0.05, 0) is 158 Å². The maximum Gasteiger partial charge on any atom is 0.417 e. The van der Waals surface area contributed by atoms with Crippen molar-refractivity contribution in [1.29, 1.82) is 0 Å². The van der Waals surface area contributed by atoms with Gasteiger partial charge in [0.25, 0.3) is 28.4 Å². The van der Waals surface area contributed by atoms with Crippen molar-refractivity contribution in [3.05, 3.63) is 269 Å². The molecule has 0 saturated carbocycles. The first-order valence-corrected chi connectivity index (χ1v) is 30.3. The third-order valence-electron chi connectivity index (χ3n) is 14.3. The van der Waals surface area contributed by atoms with E-state index < -0.39 is 96.3 Å². The molecule has 102 heavy (non-hydrogen) atoms. The summed E-state index contributed by atoms with van der Waals surface area (Å²) in [5.74, 6) is -0.920. The van der Waals surface area contributed by atoms with E-state index in [4.69, 9.17) is 14.6 Å². The molecule has 0 aliphatic carbocycles. The molecular weight excluding hydrogens is 1520 g/mol. The van der Waals surface area contributed by atoms with Gasteiger partial charge in [-0.25, -0.2) is 0 Å². The van der Waals surface area contributed by atoms with E-state index >= 15 is 0 Å². The van der Waals surface area contributed by atoms with Gasteiger partial charge in [-0.15, -0.1) is 0 Å². The van der Waals surface area contributed by atoms with Crippen LogP contribution in [-0.2, 0) is 56.3 Å². The fraction of sp³-hybridized carbons (Fsp3) is 0.182. The molecule has 540 valence electrons. The van der Waals surface area contributed by atoms with E-state index in [2.05, 4.69) is 31.9 Å². The summed E-state index contributed by atoms with van der Waals surface area (Å²) in [7, 11) is 2.54. The number of benzene rings is 9. The third kappa shape index (κ3) is 21.4. The van der Waals surface area contributed by atoms with Crippen LogP contribution in [0.25, 0.3) is 44.5 Å². The summed E-state index contributed by atoms with van der Waals surface area (Å²) in [6.07, 6.45) is -18.2. The Bertz CT molecular complexity index is 4310. The lowest BCUT2D eigenvalue weighted by Crippen LogP contribution is -2.08. The lowest BCUT2D eigenvalue weighted by molar-refractivity contribution is -0.385. The van der Waals surface area contributed by atoms with E-state index in [-0.39, 0.29) is 102 Å². The van der Waals surface area contributed by atoms with Crippen molar-refractivity contribution in [3.8, 4) is 67.5 Å². The number of alkyl halides is 13. The first kappa shape index (κ1) is 81.9. The lowest BCUT2D eigenvalue weighted by atomic mass is 9.93. The molecule has 0 fully saturated rings. The number of rotatable bonds is 16. The summed E-state index contributed by atoms with van der Waals surface area (Å²) in [5, 5.41) is 99.4. The van der Waals surface area contributed by atoms with Crippen LogP contribution in [0.5, 0.6) is 23.0 Å². The number of hydrogen-bond donors (Lipinski definition) is 5. The molecule has 0 atom stereocenters. The summed E-state index contributed by atoms with van der Waals surface area (Å²) < 4.78 is 169. The van der Waals surface area contributed by atoms with Crippen LogP contribution in [0.15, 0.2) is 168 Å². The minimum absolute atomic E-state index is 0.00890. The first-order chi connectivity index (χ1) is 47.7. The summed E-state index contributed by atoms with van der Waals surface area (Å²) in [6.45, 7) is 0.247. The zero-order valence-electron chi connectivity index (χ0n) is 52.3. The number of aryl methyl sites for hydroxylation is 1. The van der Waals surface area contributed by atoms with E-state index in [1.807, 2.05) is 0 Å². The number of nitro groups is 5. The summed E-state index contributed by atoms with van der Waals surface area (Å²) in [6, 6.07) is 31.0. The number of non-ortho nitro benzene ring substituents is 5. The monoisotopic (exact) mass is 1570 g/mol. The Kier molecular flexibility index (Phi) is 28.1. The van der Waals surface area contributed by atoms with Crippen LogP contribution in [0.1, 0.15) is 57.0 Å². The maximum absolute atomic E-state index is 13.3. The topological polar surface area (TPSA) is 335 Å². The van der Waals surface area contributed by atoms with Crippen LogP contribution in [0.3, 0.4) is 0 Å². The van der Waals surface area contributed by atoms with Gasteiger partial charge in [0.15, 0.2) is 0 Å². The van der Waals surface area contributed by atoms with E-state index in [1.165, 1.54) is 87.0 Å². The van der Waals surface area contributed by atoms with Crippen molar-refractivity contribution < 1.29 is 112 Å². The highest BCUT2D eigenvalue weighted by atomic mass is 79.9. The maximum atomic E-state index is 13.3. The fourth-order valence-corrected chi connectivity index (χ4v) is 10.4. The molecule has 0 aliphatic heterocycles. The Hall–Kier alpha value is -10.8. The predicted molar refractivity (Wildman–Crippen MR) is 351 cm³/mol. The van der Waals surface area contributed by atoms with Crippen LogP contribution in [0, 0.1) is 50.6 Å². The average Bonchev–Trinajstić information content (AvgIpc) is 0.803. The van der Waals surface area contributed by atoms with Gasteiger partial charge in [0.05, 0.1) is 80.9 Å². The Morgan fingerprint density at radius 3 is 0.873 bits per heavy atom. The number of phenolic OH excluding ortho intramolecular Hbond substituents is 2. The summed E-state index contributed by atoms with van der Waals surface area (Å²) >= 11 is 6.28. The minimum atomic E-state index is -4.72. The normalized spacial score (nSPS) is 11.2. The molecule has 0 spiro atoms. The second kappa shape index (κ2) is 35.0. The third-order valence-corrected chi connectivity index (χ3v) is 15.7. The number of phenols is 2. The highest BCUT2D eigenvalue weighted by Gasteiger charge is 2.38. The minimum Gasteiger partial charge on any atom is -0.508 e. The van der Waals surface area contributed by atoms with Crippen molar-refractivity contribution >= 4 is 60.3 Å². The highest BCUT2D eigenvalue weighted by molar-refractivity contribution is 9.10. The Morgan fingerprint density at radius 2 is 0.598 bits per heavy atom. The predicted octanol–water partition coefficient (Wildman–Crippen LogP) is 18.8. The van der Waals surface area contributed by atoms with Gasteiger partial charge in [-0.1, -0.05) is 63.0 Å². The standard InChI is InChI=1S/C16H14F3NO3.C15H12F3NO4.C14H9BrF3NO3.C14H10F3NO4.C7H6BrNO3/c1-3-10-8-11(20(21)22)4-6-13(10)14-7-5-12(23-2)9-15(14)16(17,18)19;1-23-11-3-5-13(14(7-11)15(16,17)18)12-4-2-10(19(21)22)6-9(12)8-20;15-7-8-5-9(19(21)22)1-3-11(8)12-4-2-10(20)6-13(12)14(16,17)18;15-14(16,17)13-6-10(20)2-4-12(13)11-3-1-9(18(21)22)5-8(11)7-19;8-7-2-1-6(9(11)12)3-5(7)4-10/h4-9H,3H2,1-2H3;2-7,20H,8H2,1H3;1-6,20H,7H2;1-6,19-20H,7H2;1-3,10H,4H2. The summed E-state index contributed by atoms with van der Waals surface area (Å²) in [5.41, 5.74) is -3.47. The van der Waals surface area contributed by atoms with Crippen LogP contribution >= 0.6 is 31.9 Å². The Morgan fingerprint density at radius 1 is 0.353 bits per heavy atom. The van der Waals surface area contributed by atoms with Crippen molar-refractivity contribution in [3.63, 3.8) is 0 Å². The second-order valence-electron chi connectivity index (χ2n) is 20.7. The van der Waals surface area contributed by atoms with Gasteiger partial charge >= 0.3 is 24.7 Å². The zero-order chi connectivity index (χ0) is 76.5. The Balaban J connectivity index is 0.000000232. The number of aromatic hydroxyl groups is 2. The number of nitrogens with zero attached hydrogens (tertiary/aromatic N) is 5. The van der Waals surface area contributed by atoms with Crippen molar-refractivity contribution in [2.24, 2.45) is 0 Å². The molecule has 0 heterocycles. The fourth-order valence-electron chi connectivity index (χ4n) is 9.53. The number of ether oxygens (including phenoxy) is 2. The number of halogens is 14. The molecule has 9 rings (SSSR count). The largest absolute Gasteiger partial charge is 0.508 e. The summed E-state index contributed by atoms with van der Waals surface area (Å²) in [4.78, 5) is 50.3. The molecule has 0 aromatic heterocycles. The first-order valence-electron chi connectivity index (χ1n) is 28.4. The van der Waals surface area contributed by atoms with Crippen LogP contribution in [0.4, 0.5) is 81.1 Å². The van der Waals surface area contributed by atoms with Gasteiger partial charge in [0.2, 0.25) is 0 Å². The van der Waals surface area contributed by atoms with Crippen molar-refractivity contribution in [2.75, 3.05) is 14.2 Å². The molecule has 0 amide bonds. The molecule has 0 bridgehead atoms. The highest BCUT2D eigenvalue weighted by Crippen LogP contribution is 2.46. The molecule has 9 aromatic rings. The van der Waals surface area contributed by atoms with Gasteiger partial charge in [-0.3, -0.25) is 50.6 Å². The molecule has 5 N–H and O–H groups in total. The molecule has 9 aromatic carbocycles. The zero-order valence-corrected chi connectivity index (χ0v) is 55.5. The SMILES string of the molecule is CCc1cc([N+](=O)[O-])ccc1-c1ccc(OC)cc1C(F)(F)F.COc1ccc(-c2ccc([N+](=O)[O-])cc2CO)c(C(F)(F)F)c1.O=[N+]([O-])c1ccc(-c2ccc(O)cc2C(F)(F)F)c(CBr)c1.O=[N+]([O-])c1ccc(-c2ccc(O)cc2C(F)(F)F)c(CO)c1.O=[N+]([O-])c1ccc(Br)c(CO)c1. The van der Waals surface area contributed by atoms with Gasteiger partial charge in [0.1, 0.15) is 23.0 Å². The molecule has 0 saturated heterocycles. The van der Waals surface area contributed by atoms with E-state index in [1.54, 1.807) is 13.0 Å². The second-order valence-corrected chi connectivity index (χ2v) is 22.1. The van der Waals surface area contributed by atoms with Gasteiger partial charge in [0, 0.05) is 70.5 Å². The number of hydrogen-bond acceptors (Lipinski definition) is 17. The number of nitro benzene ring substituents is 5. The quantitative estimate of drug-likeness (QED) is 0.0260. The molecule has 0 radical (unpaired) electrons. The molecule has 0 aliphatic rings. The molecular formula is C66H51Br2F12N5O17. The average molecular weight is 1570 g/mol. The number of methoxy groups -OCH3 is 2.